The molecule has 3 rings (SSSR count). The van der Waals surface area contributed by atoms with Crippen molar-refractivity contribution in [1.29, 1.82) is 0 Å². The second kappa shape index (κ2) is 4.51. The third kappa shape index (κ3) is 1.81. The van der Waals surface area contributed by atoms with Crippen molar-refractivity contribution < 1.29 is 19.2 Å². The Hall–Kier alpha value is -1.72. The van der Waals surface area contributed by atoms with Crippen LogP contribution in [0.15, 0.2) is 24.3 Å². The number of nitrogens with zero attached hydrogens (tertiary/aromatic N) is 1. The van der Waals surface area contributed by atoms with Crippen LogP contribution in [0.3, 0.4) is 0 Å². The second-order valence-corrected chi connectivity index (χ2v) is 4.35. The van der Waals surface area contributed by atoms with Gasteiger partial charge in [0.15, 0.2) is 6.29 Å². The number of hydroxylamine groups is 2. The third-order valence-corrected chi connectivity index (χ3v) is 3.12. The topological polar surface area (TPSA) is 55.8 Å². The Labute approximate surface area is 104 Å². The first kappa shape index (κ1) is 11.4. The molecule has 0 saturated carbocycles. The molecule has 0 bridgehead atoms. The summed E-state index contributed by atoms with van der Waals surface area (Å²) in [6.07, 6.45) is 2.17. The van der Waals surface area contributed by atoms with Crippen LogP contribution >= 0.6 is 0 Å². The minimum Gasteiger partial charge on any atom is -0.350 e. The molecule has 0 aliphatic carbocycles. The minimum atomic E-state index is -0.499. The molecule has 0 radical (unpaired) electrons. The van der Waals surface area contributed by atoms with E-state index in [-0.39, 0.29) is 0 Å². The van der Waals surface area contributed by atoms with Gasteiger partial charge in [0.1, 0.15) is 0 Å². The van der Waals surface area contributed by atoms with Crippen molar-refractivity contribution in [3.63, 3.8) is 0 Å². The first-order chi connectivity index (χ1) is 8.77. The molecule has 18 heavy (non-hydrogen) atoms. The van der Waals surface area contributed by atoms with Crippen LogP contribution in [-0.2, 0) is 9.57 Å². The highest BCUT2D eigenvalue weighted by molar-refractivity contribution is 6.20. The Balaban J connectivity index is 1.79. The molecule has 1 unspecified atom stereocenters. The first-order valence-electron chi connectivity index (χ1n) is 6.03. The fourth-order valence-electron chi connectivity index (χ4n) is 2.17. The molecule has 94 valence electrons. The van der Waals surface area contributed by atoms with Crippen LogP contribution in [0.1, 0.15) is 40.0 Å². The maximum absolute atomic E-state index is 12.0. The van der Waals surface area contributed by atoms with Gasteiger partial charge in [0.25, 0.3) is 11.8 Å². The lowest BCUT2D eigenvalue weighted by atomic mass is 10.1. The lowest BCUT2D eigenvalue weighted by Crippen LogP contribution is -2.37. The van der Waals surface area contributed by atoms with Crippen molar-refractivity contribution in [1.82, 2.24) is 5.06 Å². The van der Waals surface area contributed by atoms with E-state index in [1.807, 2.05) is 0 Å². The predicted octanol–water partition coefficient (Wildman–Crippen LogP) is 1.74. The second-order valence-electron chi connectivity index (χ2n) is 4.35. The summed E-state index contributed by atoms with van der Waals surface area (Å²) < 4.78 is 5.37. The number of carbonyl (C=O) groups is 2. The zero-order valence-corrected chi connectivity index (χ0v) is 9.80. The number of imide groups is 1. The highest BCUT2D eigenvalue weighted by atomic mass is 16.8. The SMILES string of the molecule is O=C1c2ccccc2C(=O)N1OC1CCCCO1. The molecule has 2 amide bonds. The lowest BCUT2D eigenvalue weighted by molar-refractivity contribution is -0.246. The molecular weight excluding hydrogens is 234 g/mol. The van der Waals surface area contributed by atoms with Gasteiger partial charge in [-0.3, -0.25) is 9.59 Å². The molecule has 1 saturated heterocycles. The lowest BCUT2D eigenvalue weighted by Gasteiger charge is -2.25. The number of hydrogen-bond acceptors (Lipinski definition) is 4. The van der Waals surface area contributed by atoms with E-state index in [0.717, 1.165) is 17.9 Å². The third-order valence-electron chi connectivity index (χ3n) is 3.12. The van der Waals surface area contributed by atoms with Gasteiger partial charge in [-0.2, -0.15) is 0 Å². The van der Waals surface area contributed by atoms with Crippen LogP contribution in [-0.4, -0.2) is 29.8 Å². The van der Waals surface area contributed by atoms with E-state index < -0.39 is 18.1 Å². The number of fused-ring (bicyclic) bond motifs is 1. The summed E-state index contributed by atoms with van der Waals surface area (Å²) in [4.78, 5) is 29.4. The summed E-state index contributed by atoms with van der Waals surface area (Å²) in [6.45, 7) is 0.605. The largest absolute Gasteiger partial charge is 0.350 e. The molecule has 1 fully saturated rings. The van der Waals surface area contributed by atoms with E-state index in [1.165, 1.54) is 0 Å². The van der Waals surface area contributed by atoms with Gasteiger partial charge in [-0.05, 0) is 25.0 Å². The molecular formula is C13H13NO4. The molecule has 0 N–H and O–H groups in total. The Kier molecular flexibility index (Phi) is 2.85. The fraction of sp³-hybridized carbons (Fsp3) is 0.385. The highest BCUT2D eigenvalue weighted by Crippen LogP contribution is 2.25. The summed E-state index contributed by atoms with van der Waals surface area (Å²) >= 11 is 0. The summed E-state index contributed by atoms with van der Waals surface area (Å²) in [6, 6.07) is 6.70. The monoisotopic (exact) mass is 247 g/mol. The average molecular weight is 247 g/mol. The van der Waals surface area contributed by atoms with E-state index in [4.69, 9.17) is 9.57 Å². The van der Waals surface area contributed by atoms with E-state index in [2.05, 4.69) is 0 Å². The van der Waals surface area contributed by atoms with Crippen molar-refractivity contribution >= 4 is 11.8 Å². The van der Waals surface area contributed by atoms with Gasteiger partial charge in [0.05, 0.1) is 11.1 Å². The molecule has 1 atom stereocenters. The van der Waals surface area contributed by atoms with Crippen molar-refractivity contribution in [3.05, 3.63) is 35.4 Å². The minimum absolute atomic E-state index is 0.387. The number of carbonyl (C=O) groups excluding carboxylic acids is 2. The van der Waals surface area contributed by atoms with Gasteiger partial charge in [-0.15, -0.1) is 5.06 Å². The first-order valence-corrected chi connectivity index (χ1v) is 6.03. The van der Waals surface area contributed by atoms with E-state index in [9.17, 15) is 9.59 Å². The van der Waals surface area contributed by atoms with Gasteiger partial charge in [0, 0.05) is 13.0 Å². The average Bonchev–Trinajstić information content (AvgIpc) is 2.66. The number of amides is 2. The van der Waals surface area contributed by atoms with E-state index >= 15 is 0 Å². The summed E-state index contributed by atoms with van der Waals surface area (Å²) in [5.41, 5.74) is 0.775. The van der Waals surface area contributed by atoms with Crippen molar-refractivity contribution in [2.75, 3.05) is 6.61 Å². The van der Waals surface area contributed by atoms with Crippen molar-refractivity contribution in [3.8, 4) is 0 Å². The molecule has 2 aliphatic heterocycles. The van der Waals surface area contributed by atoms with Gasteiger partial charge >= 0.3 is 0 Å². The van der Waals surface area contributed by atoms with Crippen molar-refractivity contribution in [2.45, 2.75) is 25.6 Å². The highest BCUT2D eigenvalue weighted by Gasteiger charge is 2.38. The summed E-state index contributed by atoms with van der Waals surface area (Å²) in [5, 5.41) is 0.820. The predicted molar refractivity (Wildman–Crippen MR) is 61.6 cm³/mol. The maximum Gasteiger partial charge on any atom is 0.285 e. The quantitative estimate of drug-likeness (QED) is 0.747. The zero-order valence-electron chi connectivity index (χ0n) is 9.80. The van der Waals surface area contributed by atoms with E-state index in [0.29, 0.717) is 24.2 Å². The number of ether oxygens (including phenoxy) is 1. The number of benzene rings is 1. The maximum atomic E-state index is 12.0. The van der Waals surface area contributed by atoms with Crippen LogP contribution in [0.5, 0.6) is 0 Å². The summed E-state index contributed by atoms with van der Waals surface area (Å²) in [5.74, 6) is -0.824. The van der Waals surface area contributed by atoms with Crippen LogP contribution in [0.4, 0.5) is 0 Å². The van der Waals surface area contributed by atoms with E-state index in [1.54, 1.807) is 24.3 Å². The number of rotatable bonds is 2. The molecule has 5 nitrogen and oxygen atoms in total. The summed E-state index contributed by atoms with van der Waals surface area (Å²) in [7, 11) is 0. The van der Waals surface area contributed by atoms with Crippen LogP contribution in [0, 0.1) is 0 Å². The number of hydrogen-bond donors (Lipinski definition) is 0. The molecule has 2 heterocycles. The molecule has 0 aromatic heterocycles. The van der Waals surface area contributed by atoms with Crippen LogP contribution in [0.25, 0.3) is 0 Å². The van der Waals surface area contributed by atoms with Gasteiger partial charge in [-0.25, -0.2) is 4.84 Å². The standard InChI is InChI=1S/C13H13NO4/c15-12-9-5-1-2-6-10(9)13(16)14(12)18-11-7-3-4-8-17-11/h1-2,5-6,11H,3-4,7-8H2. The normalized spacial score (nSPS) is 23.3. The Bertz CT molecular complexity index is 459. The van der Waals surface area contributed by atoms with Crippen molar-refractivity contribution in [2.24, 2.45) is 0 Å². The fourth-order valence-corrected chi connectivity index (χ4v) is 2.17. The smallest absolute Gasteiger partial charge is 0.285 e. The van der Waals surface area contributed by atoms with Crippen LogP contribution < -0.4 is 0 Å². The Morgan fingerprint density at radius 3 is 2.33 bits per heavy atom. The van der Waals surface area contributed by atoms with Gasteiger partial charge < -0.3 is 4.74 Å². The Morgan fingerprint density at radius 1 is 1.11 bits per heavy atom. The van der Waals surface area contributed by atoms with Gasteiger partial charge in [-0.1, -0.05) is 12.1 Å². The molecule has 1 aromatic carbocycles. The van der Waals surface area contributed by atoms with Gasteiger partial charge in [0.2, 0.25) is 0 Å². The zero-order chi connectivity index (χ0) is 12.5. The molecule has 0 spiro atoms. The molecule has 1 aromatic rings. The Morgan fingerprint density at radius 2 is 1.78 bits per heavy atom. The molecule has 2 aliphatic rings. The molecule has 5 heteroatoms. The van der Waals surface area contributed by atoms with Crippen LogP contribution in [0.2, 0.25) is 0 Å².